The molecule has 5 rings (SSSR count). The fourth-order valence-corrected chi connectivity index (χ4v) is 5.70. The Hall–Kier alpha value is -3.59. The van der Waals surface area contributed by atoms with Crippen molar-refractivity contribution in [1.29, 1.82) is 0 Å². The van der Waals surface area contributed by atoms with Gasteiger partial charge in [0.1, 0.15) is 11.5 Å². The largest absolute Gasteiger partial charge is 0.346 e. The molecule has 2 aromatic carbocycles. The maximum absolute atomic E-state index is 14.8. The summed E-state index contributed by atoms with van der Waals surface area (Å²) in [5.74, 6) is -0.856. The number of carbonyl (C=O) groups is 2. The molecule has 2 amide bonds. The Morgan fingerprint density at radius 2 is 1.97 bits per heavy atom. The maximum atomic E-state index is 14.8. The average molecular weight is 492 g/mol. The van der Waals surface area contributed by atoms with E-state index in [4.69, 9.17) is 0 Å². The van der Waals surface area contributed by atoms with Crippen LogP contribution in [-0.4, -0.2) is 33.6 Å². The van der Waals surface area contributed by atoms with Gasteiger partial charge < -0.3 is 14.8 Å². The van der Waals surface area contributed by atoms with E-state index >= 15 is 0 Å². The van der Waals surface area contributed by atoms with Gasteiger partial charge in [-0.1, -0.05) is 17.8 Å². The first-order valence-electron chi connectivity index (χ1n) is 11.2. The van der Waals surface area contributed by atoms with E-state index in [0.29, 0.717) is 16.9 Å². The molecule has 2 aromatic heterocycles. The quantitative estimate of drug-likeness (QED) is 0.425. The van der Waals surface area contributed by atoms with Gasteiger partial charge in [-0.25, -0.2) is 4.39 Å². The predicted molar refractivity (Wildman–Crippen MR) is 134 cm³/mol. The van der Waals surface area contributed by atoms with Gasteiger partial charge in [0.05, 0.1) is 22.8 Å². The first-order chi connectivity index (χ1) is 16.6. The molecule has 0 bridgehead atoms. The van der Waals surface area contributed by atoms with Crippen molar-refractivity contribution in [1.82, 2.24) is 20.1 Å². The number of aromatic nitrogens is 3. The second-order valence-electron chi connectivity index (χ2n) is 9.35. The monoisotopic (exact) mass is 491 g/mol. The molecule has 0 fully saturated rings. The summed E-state index contributed by atoms with van der Waals surface area (Å²) in [5, 5.41) is 10.9. The summed E-state index contributed by atoms with van der Waals surface area (Å²) in [4.78, 5) is 29.3. The number of aromatic amines is 1. The molecular formula is C26H26FN5O2S. The van der Waals surface area contributed by atoms with E-state index in [1.54, 1.807) is 31.1 Å². The highest BCUT2D eigenvalue weighted by atomic mass is 32.2. The van der Waals surface area contributed by atoms with E-state index in [1.807, 2.05) is 56.7 Å². The van der Waals surface area contributed by atoms with E-state index in [2.05, 4.69) is 15.5 Å². The van der Waals surface area contributed by atoms with Gasteiger partial charge in [0.25, 0.3) is 5.91 Å². The molecule has 0 aliphatic carbocycles. The number of rotatable bonds is 5. The Kier molecular flexibility index (Phi) is 5.47. The molecule has 4 aromatic rings. The molecule has 35 heavy (non-hydrogen) atoms. The SMILES string of the molecule is Cc1c(Sc2ccc3[nH]ncc3c2)cc(C(=O)NCc2c(F)ccc3c2N(C)C(=O)C3(C)C)n1C. The molecule has 7 nitrogen and oxygen atoms in total. The minimum absolute atomic E-state index is 0.0224. The molecule has 180 valence electrons. The number of nitrogens with one attached hydrogen (secondary N) is 2. The highest BCUT2D eigenvalue weighted by molar-refractivity contribution is 7.99. The molecule has 0 radical (unpaired) electrons. The third-order valence-corrected chi connectivity index (χ3v) is 7.98. The first kappa shape index (κ1) is 23.2. The fraction of sp³-hybridized carbons (Fsp3) is 0.269. The van der Waals surface area contributed by atoms with Gasteiger partial charge in [-0.15, -0.1) is 0 Å². The number of fused-ring (bicyclic) bond motifs is 2. The maximum Gasteiger partial charge on any atom is 0.268 e. The number of hydrogen-bond acceptors (Lipinski definition) is 4. The highest BCUT2D eigenvalue weighted by Crippen LogP contribution is 2.43. The Balaban J connectivity index is 1.38. The number of likely N-dealkylation sites (N-methyl/N-ethyl adjacent to an activating group) is 1. The van der Waals surface area contributed by atoms with Crippen molar-refractivity contribution in [3.63, 3.8) is 0 Å². The van der Waals surface area contributed by atoms with Crippen LogP contribution in [0, 0.1) is 12.7 Å². The highest BCUT2D eigenvalue weighted by Gasteiger charge is 2.44. The van der Waals surface area contributed by atoms with Crippen LogP contribution in [0.2, 0.25) is 0 Å². The van der Waals surface area contributed by atoms with Crippen molar-refractivity contribution < 1.29 is 14.0 Å². The van der Waals surface area contributed by atoms with Crippen molar-refractivity contribution in [3.8, 4) is 0 Å². The fourth-order valence-electron chi connectivity index (χ4n) is 4.67. The van der Waals surface area contributed by atoms with Gasteiger partial charge in [0.2, 0.25) is 5.91 Å². The lowest BCUT2D eigenvalue weighted by Gasteiger charge is -2.16. The van der Waals surface area contributed by atoms with Crippen LogP contribution in [0.25, 0.3) is 10.9 Å². The number of halogens is 1. The number of anilines is 1. The van der Waals surface area contributed by atoms with E-state index in [1.165, 1.54) is 11.0 Å². The van der Waals surface area contributed by atoms with Crippen LogP contribution in [0.1, 0.15) is 41.2 Å². The average Bonchev–Trinajstić information content (AvgIpc) is 3.45. The molecule has 1 aliphatic rings. The minimum Gasteiger partial charge on any atom is -0.346 e. The van der Waals surface area contributed by atoms with Crippen LogP contribution in [0.15, 0.2) is 52.4 Å². The normalized spacial score (nSPS) is 14.6. The van der Waals surface area contributed by atoms with Crippen LogP contribution in [-0.2, 0) is 23.8 Å². The third kappa shape index (κ3) is 3.70. The molecule has 9 heteroatoms. The van der Waals surface area contributed by atoms with Crippen molar-refractivity contribution >= 4 is 40.2 Å². The van der Waals surface area contributed by atoms with Gasteiger partial charge in [-0.2, -0.15) is 5.10 Å². The van der Waals surface area contributed by atoms with Crippen molar-refractivity contribution in [2.45, 2.75) is 42.5 Å². The van der Waals surface area contributed by atoms with E-state index in [9.17, 15) is 14.0 Å². The summed E-state index contributed by atoms with van der Waals surface area (Å²) in [6.45, 7) is 5.59. The predicted octanol–water partition coefficient (Wildman–Crippen LogP) is 4.68. The minimum atomic E-state index is -0.739. The number of carbonyl (C=O) groups excluding carboxylic acids is 2. The number of benzene rings is 2. The van der Waals surface area contributed by atoms with Crippen LogP contribution in [0.4, 0.5) is 10.1 Å². The second-order valence-corrected chi connectivity index (χ2v) is 10.5. The zero-order chi connectivity index (χ0) is 25.1. The molecule has 1 aliphatic heterocycles. The molecule has 0 unspecified atom stereocenters. The topological polar surface area (TPSA) is 83.0 Å². The Morgan fingerprint density at radius 3 is 2.74 bits per heavy atom. The van der Waals surface area contributed by atoms with E-state index < -0.39 is 11.2 Å². The van der Waals surface area contributed by atoms with Gasteiger partial charge in [0, 0.05) is 47.1 Å². The Morgan fingerprint density at radius 1 is 1.20 bits per heavy atom. The lowest BCUT2D eigenvalue weighted by atomic mass is 9.85. The Labute approximate surface area is 206 Å². The van der Waals surface area contributed by atoms with Crippen LogP contribution in [0.5, 0.6) is 0 Å². The molecule has 0 saturated heterocycles. The number of nitrogens with zero attached hydrogens (tertiary/aromatic N) is 3. The summed E-state index contributed by atoms with van der Waals surface area (Å²) >= 11 is 1.57. The zero-order valence-corrected chi connectivity index (χ0v) is 21.0. The van der Waals surface area contributed by atoms with Crippen molar-refractivity contribution in [2.75, 3.05) is 11.9 Å². The number of H-pyrrole nitrogens is 1. The molecule has 0 spiro atoms. The van der Waals surface area contributed by atoms with Gasteiger partial charge in [-0.05, 0) is 56.7 Å². The van der Waals surface area contributed by atoms with E-state index in [0.717, 1.165) is 32.0 Å². The lowest BCUT2D eigenvalue weighted by molar-refractivity contribution is -0.121. The van der Waals surface area contributed by atoms with Crippen LogP contribution in [0.3, 0.4) is 0 Å². The van der Waals surface area contributed by atoms with Gasteiger partial charge in [0.15, 0.2) is 0 Å². The summed E-state index contributed by atoms with van der Waals surface area (Å²) < 4.78 is 16.7. The standard InChI is InChI=1S/C26H26FN5O2S/c1-14-22(35-16-6-9-20-15(10-16)12-29-30-20)11-21(31(14)4)24(33)28-13-17-19(27)8-7-18-23(17)32(5)25(34)26(18,2)3/h6-12H,13H2,1-5H3,(H,28,33)(H,29,30). The lowest BCUT2D eigenvalue weighted by Crippen LogP contribution is -2.33. The van der Waals surface area contributed by atoms with E-state index in [-0.39, 0.29) is 18.4 Å². The second kappa shape index (κ2) is 8.27. The number of hydrogen-bond donors (Lipinski definition) is 2. The molecule has 3 heterocycles. The number of amides is 2. The van der Waals surface area contributed by atoms with Crippen LogP contribution < -0.4 is 10.2 Å². The molecule has 0 saturated carbocycles. The molecule has 0 atom stereocenters. The smallest absolute Gasteiger partial charge is 0.268 e. The first-order valence-corrected chi connectivity index (χ1v) is 12.1. The molecule has 2 N–H and O–H groups in total. The summed E-state index contributed by atoms with van der Waals surface area (Å²) in [7, 11) is 3.48. The zero-order valence-electron chi connectivity index (χ0n) is 20.2. The Bertz CT molecular complexity index is 1500. The summed E-state index contributed by atoms with van der Waals surface area (Å²) in [5.41, 5.74) is 3.27. The van der Waals surface area contributed by atoms with Gasteiger partial charge in [-0.3, -0.25) is 14.7 Å². The van der Waals surface area contributed by atoms with Crippen LogP contribution >= 0.6 is 11.8 Å². The van der Waals surface area contributed by atoms with Crippen molar-refractivity contribution in [3.05, 3.63) is 70.9 Å². The summed E-state index contributed by atoms with van der Waals surface area (Å²) in [6, 6.07) is 10.9. The summed E-state index contributed by atoms with van der Waals surface area (Å²) in [6.07, 6.45) is 1.78. The van der Waals surface area contributed by atoms with Crippen molar-refractivity contribution in [2.24, 2.45) is 7.05 Å². The van der Waals surface area contributed by atoms with Gasteiger partial charge >= 0.3 is 0 Å². The molecular weight excluding hydrogens is 465 g/mol. The third-order valence-electron chi connectivity index (χ3n) is 6.86.